The molecule has 4 aliphatic heterocycles. The molecule has 4 heterocycles. The second kappa shape index (κ2) is 42.8. The third-order valence-corrected chi connectivity index (χ3v) is 15.9. The van der Waals surface area contributed by atoms with Gasteiger partial charge in [0, 0.05) is 110 Å². The van der Waals surface area contributed by atoms with Crippen LogP contribution in [0.2, 0.25) is 0 Å². The van der Waals surface area contributed by atoms with Crippen LogP contribution in [0.15, 0.2) is 24.3 Å². The quantitative estimate of drug-likeness (QED) is 0.0322. The molecule has 4 aliphatic rings. The summed E-state index contributed by atoms with van der Waals surface area (Å²) in [6.07, 6.45) is 16.8. The van der Waals surface area contributed by atoms with Crippen molar-refractivity contribution in [2.45, 2.75) is 206 Å². The Kier molecular flexibility index (Phi) is 38.9. The fourth-order valence-electron chi connectivity index (χ4n) is 11.6. The van der Waals surface area contributed by atoms with E-state index in [1.165, 1.54) is 22.3 Å². The van der Waals surface area contributed by atoms with Gasteiger partial charge in [-0.2, -0.15) is 0 Å². The van der Waals surface area contributed by atoms with Crippen LogP contribution in [0.5, 0.6) is 23.0 Å². The lowest BCUT2D eigenvalue weighted by Gasteiger charge is -2.47. The van der Waals surface area contributed by atoms with Crippen molar-refractivity contribution in [1.29, 1.82) is 0 Å². The van der Waals surface area contributed by atoms with Crippen molar-refractivity contribution in [3.8, 4) is 23.0 Å². The van der Waals surface area contributed by atoms with Crippen LogP contribution in [0.25, 0.3) is 0 Å². The predicted octanol–water partition coefficient (Wildman–Crippen LogP) is 13.4. The van der Waals surface area contributed by atoms with E-state index in [-0.39, 0.29) is 54.0 Å². The molecule has 18 nitrogen and oxygen atoms in total. The van der Waals surface area contributed by atoms with Gasteiger partial charge in [0.1, 0.15) is 6.10 Å². The number of unbranched alkanes of at least 4 members (excludes halogenated alkanes) is 9. The maximum atomic E-state index is 12.7. The lowest BCUT2D eigenvalue weighted by atomic mass is 9.79. The molecule has 0 radical (unpaired) electrons. The monoisotopic (exact) mass is 1300 g/mol. The number of fused-ring (bicyclic) bond motifs is 6. The molecule has 0 unspecified atom stereocenters. The van der Waals surface area contributed by atoms with E-state index in [0.717, 1.165) is 145 Å². The Morgan fingerprint density at radius 1 is 0.529 bits per heavy atom. The number of carboxylic acids is 3. The lowest BCUT2D eigenvalue weighted by Crippen LogP contribution is -2.49. The zero-order valence-corrected chi connectivity index (χ0v) is 55.1. The summed E-state index contributed by atoms with van der Waals surface area (Å²) in [5.74, 6) is 2.52. The van der Waals surface area contributed by atoms with Crippen LogP contribution in [0.1, 0.15) is 203 Å². The summed E-state index contributed by atoms with van der Waals surface area (Å²) in [7, 11) is 14.0. The van der Waals surface area contributed by atoms with E-state index in [9.17, 15) is 33.9 Å². The largest absolute Gasteiger partial charge is 0.493 e. The number of hydrogen-bond donors (Lipinski definition) is 4. The molecule has 0 amide bonds. The fraction of sp³-hybridized carbons (Fsp3) is 0.710. The summed E-state index contributed by atoms with van der Waals surface area (Å²) >= 11 is 10.3. The third-order valence-electron chi connectivity index (χ3n) is 15.5. The number of nitrogens with zero attached hydrogens (tertiary/aromatic N) is 2. The van der Waals surface area contributed by atoms with Crippen LogP contribution >= 0.6 is 44.6 Å². The summed E-state index contributed by atoms with van der Waals surface area (Å²) in [5, 5.41) is 35.3. The molecule has 4 N–H and O–H groups in total. The maximum absolute atomic E-state index is 12.7. The number of carbonyl (C=O) groups is 6. The minimum absolute atomic E-state index is 0.0952. The molecule has 2 aromatic carbocycles. The summed E-state index contributed by atoms with van der Waals surface area (Å²) in [4.78, 5) is 69.1. The van der Waals surface area contributed by atoms with Gasteiger partial charge in [0.2, 0.25) is 19.7 Å². The van der Waals surface area contributed by atoms with E-state index in [4.69, 9.17) is 66.4 Å². The number of aliphatic hydroxyl groups is 1. The van der Waals surface area contributed by atoms with Gasteiger partial charge in [0.25, 0.3) is 0 Å². The van der Waals surface area contributed by atoms with Gasteiger partial charge in [-0.3, -0.25) is 38.6 Å². The highest BCUT2D eigenvalue weighted by Crippen LogP contribution is 2.46. The van der Waals surface area contributed by atoms with Gasteiger partial charge in [-0.25, -0.2) is 4.21 Å². The number of rotatable bonds is 30. The second-order valence-electron chi connectivity index (χ2n) is 23.0. The van der Waals surface area contributed by atoms with Crippen molar-refractivity contribution in [1.82, 2.24) is 9.80 Å². The van der Waals surface area contributed by atoms with E-state index in [1.54, 1.807) is 28.4 Å². The number of hydrogen-bond acceptors (Lipinski definition) is 15. The number of piperidine rings is 2. The number of esters is 1. The summed E-state index contributed by atoms with van der Waals surface area (Å²) in [6, 6.07) is 8.93. The molecule has 2 aromatic rings. The molecule has 0 spiro atoms. The summed E-state index contributed by atoms with van der Waals surface area (Å²) in [6.45, 7) is 12.9. The molecule has 0 aromatic heterocycles. The molecule has 0 saturated carbocycles. The first-order valence-electron chi connectivity index (χ1n) is 30.0. The SMILES string of the molecule is COc1cc2c(cc1OC)[C@H]1C[C@@H](O)[C@H](CC(C)C)CN1CC2.COc1cc2c(cc1OC)[C@H]1C[C@@H](OC(=O)CCCCCCC(=O)O)[C@H](CC(C)C)CN1CC2.O=C(Cl)CCCCCCC(=O)Cl.O=C(O)CCCCCCC(=O)O.O=S(Cl)Cl. The molecular formula is C62H96Cl4N2O16S. The normalized spacial score (nSPS) is 19.4. The van der Waals surface area contributed by atoms with Crippen LogP contribution < -0.4 is 18.9 Å². The lowest BCUT2D eigenvalue weighted by molar-refractivity contribution is -0.158. The van der Waals surface area contributed by atoms with E-state index in [2.05, 4.69) is 83.1 Å². The Morgan fingerprint density at radius 2 is 0.859 bits per heavy atom. The topological polar surface area (TPSA) is 253 Å². The minimum Gasteiger partial charge on any atom is -0.493 e. The minimum atomic E-state index is -1.67. The van der Waals surface area contributed by atoms with Crippen LogP contribution in [0.3, 0.4) is 0 Å². The van der Waals surface area contributed by atoms with Crippen LogP contribution in [0, 0.1) is 23.7 Å². The van der Waals surface area contributed by atoms with Gasteiger partial charge in [-0.1, -0.05) is 66.2 Å². The first-order chi connectivity index (χ1) is 40.3. The first-order valence-corrected chi connectivity index (χ1v) is 33.5. The van der Waals surface area contributed by atoms with E-state index in [1.807, 2.05) is 0 Å². The Morgan fingerprint density at radius 3 is 1.21 bits per heavy atom. The smallest absolute Gasteiger partial charge is 0.306 e. The Balaban J connectivity index is 0.000000415. The summed E-state index contributed by atoms with van der Waals surface area (Å²) in [5.41, 5.74) is 5.17. The average Bonchev–Trinajstić information content (AvgIpc) is 1.79. The molecule has 85 heavy (non-hydrogen) atoms. The number of carboxylic acid groups (broad SMARTS) is 3. The number of aliphatic hydroxyl groups excluding tert-OH is 1. The number of benzene rings is 2. The molecule has 0 bridgehead atoms. The summed E-state index contributed by atoms with van der Waals surface area (Å²) < 4.78 is 37.2. The fourth-order valence-corrected chi connectivity index (χ4v) is 11.8. The van der Waals surface area contributed by atoms with Gasteiger partial charge in [-0.05, 0) is 158 Å². The number of aliphatic carboxylic acids is 3. The standard InChI is InChI=1S/C27H41NO6.C19H29NO3.C8H12Cl2O2.C8H14O4.Cl2OS/c1-18(2)13-20-17-28-12-11-19-14-24(32-3)25(33-4)15-21(19)22(28)16-23(20)34-27(31)10-8-6-5-7-9-26(29)30;1-12(2)7-14-11-20-6-5-13-8-18(22-3)19(23-4)9-15(13)16(20)10-17(14)21;9-7(11)5-3-1-2-4-6-8(10)12;9-7(10)5-3-1-2-4-6-8(11)12;1-4(2)3/h14-15,18,20,22-23H,5-13,16-17H2,1-4H3,(H,29,30);8-9,12,14,16-17,21H,5-7,10-11H2,1-4H3;1-6H2;1-6H2,(H,9,10)(H,11,12);/t20-,22-,23-;14-,16-,17-;;;/m11.../s1. The van der Waals surface area contributed by atoms with Crippen molar-refractivity contribution in [2.24, 2.45) is 23.7 Å². The number of halogens is 4. The molecule has 2 fully saturated rings. The van der Waals surface area contributed by atoms with Crippen molar-refractivity contribution < 1.29 is 77.1 Å². The van der Waals surface area contributed by atoms with Crippen LogP contribution in [-0.4, -0.2) is 136 Å². The molecule has 484 valence electrons. The van der Waals surface area contributed by atoms with Crippen molar-refractivity contribution in [3.63, 3.8) is 0 Å². The number of methoxy groups -OCH3 is 4. The predicted molar refractivity (Wildman–Crippen MR) is 334 cm³/mol. The molecule has 0 aliphatic carbocycles. The van der Waals surface area contributed by atoms with Gasteiger partial charge in [0.15, 0.2) is 23.0 Å². The molecule has 23 heteroatoms. The highest BCUT2D eigenvalue weighted by atomic mass is 36.0. The van der Waals surface area contributed by atoms with Gasteiger partial charge in [-0.15, -0.1) is 0 Å². The average molecular weight is 1300 g/mol. The number of ether oxygens (including phenoxy) is 5. The Hall–Kier alpha value is -3.95. The van der Waals surface area contributed by atoms with E-state index in [0.29, 0.717) is 68.2 Å². The van der Waals surface area contributed by atoms with E-state index < -0.39 is 27.1 Å². The first kappa shape index (κ1) is 77.1. The molecule has 2 saturated heterocycles. The van der Waals surface area contributed by atoms with E-state index >= 15 is 0 Å². The van der Waals surface area contributed by atoms with Gasteiger partial charge in [0.05, 0.1) is 34.5 Å². The van der Waals surface area contributed by atoms with Crippen molar-refractivity contribution in [2.75, 3.05) is 54.6 Å². The van der Waals surface area contributed by atoms with Gasteiger partial charge < -0.3 is 44.1 Å². The zero-order valence-electron chi connectivity index (χ0n) is 51.2. The van der Waals surface area contributed by atoms with Crippen molar-refractivity contribution in [3.05, 3.63) is 46.5 Å². The maximum Gasteiger partial charge on any atom is 0.306 e. The van der Waals surface area contributed by atoms with Crippen molar-refractivity contribution >= 4 is 88.2 Å². The second-order valence-corrected chi connectivity index (χ2v) is 26.4. The molecule has 6 atom stereocenters. The van der Waals surface area contributed by atoms with Crippen LogP contribution in [-0.2, 0) is 55.6 Å². The van der Waals surface area contributed by atoms with Gasteiger partial charge >= 0.3 is 23.9 Å². The highest BCUT2D eigenvalue weighted by molar-refractivity contribution is 8.26. The zero-order chi connectivity index (χ0) is 63.6. The molecular weight excluding hydrogens is 1200 g/mol. The Labute approximate surface area is 526 Å². The third kappa shape index (κ3) is 31.2. The number of carbonyl (C=O) groups excluding carboxylic acids is 3. The van der Waals surface area contributed by atoms with Crippen LogP contribution in [0.4, 0.5) is 0 Å². The highest BCUT2D eigenvalue weighted by Gasteiger charge is 2.42. The Bertz CT molecular complexity index is 2310. The molecule has 6 rings (SSSR count).